The van der Waals surface area contributed by atoms with Crippen molar-refractivity contribution in [3.05, 3.63) is 22.2 Å². The van der Waals surface area contributed by atoms with Gasteiger partial charge in [-0.1, -0.05) is 13.8 Å². The molecule has 0 spiro atoms. The lowest BCUT2D eigenvalue weighted by molar-refractivity contribution is 0.468. The van der Waals surface area contributed by atoms with Crippen LogP contribution in [0, 0.1) is 0 Å². The van der Waals surface area contributed by atoms with Crippen LogP contribution < -0.4 is 16.6 Å². The maximum atomic E-state index is 11.5. The molecule has 1 rings (SSSR count). The van der Waals surface area contributed by atoms with Crippen LogP contribution in [0.2, 0.25) is 0 Å². The van der Waals surface area contributed by atoms with Crippen molar-refractivity contribution in [3.8, 4) is 0 Å². The Morgan fingerprint density at radius 1 is 1.41 bits per heavy atom. The first-order chi connectivity index (χ1) is 7.72. The molecule has 4 N–H and O–H groups in total. The summed E-state index contributed by atoms with van der Waals surface area (Å²) < 4.78 is 0. The average Bonchev–Trinajstić information content (AvgIpc) is 2.15. The Morgan fingerprint density at radius 2 is 2.00 bits per heavy atom. The molecule has 0 saturated heterocycles. The molecule has 0 aliphatic carbocycles. The van der Waals surface area contributed by atoms with Crippen LogP contribution in [-0.4, -0.2) is 21.5 Å². The summed E-state index contributed by atoms with van der Waals surface area (Å²) in [4.78, 5) is 18.6. The van der Waals surface area contributed by atoms with Crippen LogP contribution in [0.5, 0.6) is 0 Å². The minimum absolute atomic E-state index is 0.0499. The fraction of sp³-hybridized carbons (Fsp3) is 0.667. The van der Waals surface area contributed by atoms with Gasteiger partial charge >= 0.3 is 0 Å². The molecule has 0 fully saturated rings. The Hall–Kier alpha value is -1.36. The molecule has 5 nitrogen and oxygen atoms in total. The molecule has 0 saturated carbocycles. The van der Waals surface area contributed by atoms with Crippen LogP contribution in [0.3, 0.4) is 0 Å². The van der Waals surface area contributed by atoms with Crippen molar-refractivity contribution >= 4 is 5.82 Å². The van der Waals surface area contributed by atoms with Gasteiger partial charge in [-0.05, 0) is 20.8 Å². The van der Waals surface area contributed by atoms with Crippen LogP contribution in [0.1, 0.15) is 46.4 Å². The van der Waals surface area contributed by atoms with Gasteiger partial charge in [-0.15, -0.1) is 0 Å². The number of rotatable bonds is 4. The molecule has 0 radical (unpaired) electrons. The summed E-state index contributed by atoms with van der Waals surface area (Å²) in [5.41, 5.74) is 5.42. The Bertz CT molecular complexity index is 434. The number of anilines is 1. The summed E-state index contributed by atoms with van der Waals surface area (Å²) in [6.45, 7) is 9.85. The maximum Gasteiger partial charge on any atom is 0.252 e. The van der Waals surface area contributed by atoms with Gasteiger partial charge in [0.05, 0.1) is 0 Å². The molecule has 1 heterocycles. The third-order valence-electron chi connectivity index (χ3n) is 2.90. The topological polar surface area (TPSA) is 83.8 Å². The van der Waals surface area contributed by atoms with Gasteiger partial charge in [0.1, 0.15) is 11.6 Å². The molecule has 0 aliphatic heterocycles. The van der Waals surface area contributed by atoms with E-state index in [9.17, 15) is 4.79 Å². The Balaban J connectivity index is 3.04. The van der Waals surface area contributed by atoms with E-state index in [0.717, 1.165) is 0 Å². The van der Waals surface area contributed by atoms with E-state index in [1.54, 1.807) is 0 Å². The van der Waals surface area contributed by atoms with Crippen LogP contribution in [0.25, 0.3) is 0 Å². The number of nitrogens with one attached hydrogen (secondary N) is 2. The number of hydrogen-bond acceptors (Lipinski definition) is 4. The minimum atomic E-state index is -0.310. The first-order valence-corrected chi connectivity index (χ1v) is 5.87. The molecule has 5 heteroatoms. The lowest BCUT2D eigenvalue weighted by Gasteiger charge is -2.30. The monoisotopic (exact) mass is 238 g/mol. The third kappa shape index (κ3) is 3.56. The molecular weight excluding hydrogens is 216 g/mol. The van der Waals surface area contributed by atoms with Gasteiger partial charge in [0.2, 0.25) is 0 Å². The van der Waals surface area contributed by atoms with Gasteiger partial charge in [0.15, 0.2) is 0 Å². The number of nitrogens with two attached hydrogens (primary N) is 1. The highest BCUT2D eigenvalue weighted by Crippen LogP contribution is 2.16. The fourth-order valence-electron chi connectivity index (χ4n) is 1.26. The SMILES string of the molecule is CC(C)c1nc(NC(C)(C)C(C)N)cc(=O)[nH]1. The molecule has 1 atom stereocenters. The Morgan fingerprint density at radius 3 is 2.47 bits per heavy atom. The standard InChI is InChI=1S/C12H22N4O/c1-7(2)11-14-9(6-10(17)15-11)16-12(4,5)8(3)13/h6-8H,13H2,1-5H3,(H2,14,15,16,17). The molecule has 1 unspecified atom stereocenters. The molecule has 1 aromatic rings. The van der Waals surface area contributed by atoms with Gasteiger partial charge < -0.3 is 16.0 Å². The average molecular weight is 238 g/mol. The van der Waals surface area contributed by atoms with Gasteiger partial charge in [-0.2, -0.15) is 0 Å². The first-order valence-electron chi connectivity index (χ1n) is 5.87. The van der Waals surface area contributed by atoms with E-state index in [1.165, 1.54) is 6.07 Å². The van der Waals surface area contributed by atoms with Crippen LogP contribution in [0.15, 0.2) is 10.9 Å². The summed E-state index contributed by atoms with van der Waals surface area (Å²) in [5.74, 6) is 1.43. The van der Waals surface area contributed by atoms with Crippen LogP contribution in [0.4, 0.5) is 5.82 Å². The van der Waals surface area contributed by atoms with Gasteiger partial charge in [-0.25, -0.2) is 4.98 Å². The number of aromatic amines is 1. The van der Waals surface area contributed by atoms with E-state index in [1.807, 2.05) is 34.6 Å². The van der Waals surface area contributed by atoms with Gasteiger partial charge in [0.25, 0.3) is 5.56 Å². The van der Waals surface area contributed by atoms with E-state index in [-0.39, 0.29) is 23.1 Å². The number of aromatic nitrogens is 2. The van der Waals surface area contributed by atoms with Crippen molar-refractivity contribution < 1.29 is 0 Å². The van der Waals surface area contributed by atoms with E-state index in [2.05, 4.69) is 15.3 Å². The second-order valence-electron chi connectivity index (χ2n) is 5.31. The number of nitrogens with zero attached hydrogens (tertiary/aromatic N) is 1. The fourth-order valence-corrected chi connectivity index (χ4v) is 1.26. The smallest absolute Gasteiger partial charge is 0.252 e. The van der Waals surface area contributed by atoms with E-state index < -0.39 is 0 Å². The minimum Gasteiger partial charge on any atom is -0.363 e. The van der Waals surface area contributed by atoms with Gasteiger partial charge in [-0.3, -0.25) is 4.79 Å². The summed E-state index contributed by atoms with van der Waals surface area (Å²) in [6, 6.07) is 1.40. The highest BCUT2D eigenvalue weighted by Gasteiger charge is 2.23. The van der Waals surface area contributed by atoms with E-state index in [4.69, 9.17) is 5.73 Å². The molecule has 0 bridgehead atoms. The molecule has 0 aromatic carbocycles. The van der Waals surface area contributed by atoms with Crippen molar-refractivity contribution in [1.82, 2.24) is 9.97 Å². The zero-order chi connectivity index (χ0) is 13.2. The predicted molar refractivity (Wildman–Crippen MR) is 70.3 cm³/mol. The predicted octanol–water partition coefficient (Wildman–Crippen LogP) is 1.43. The summed E-state index contributed by atoms with van der Waals surface area (Å²) in [6.07, 6.45) is 0. The third-order valence-corrected chi connectivity index (χ3v) is 2.90. The highest BCUT2D eigenvalue weighted by atomic mass is 16.1. The molecule has 0 amide bonds. The van der Waals surface area contributed by atoms with Crippen LogP contribution >= 0.6 is 0 Å². The summed E-state index contributed by atoms with van der Waals surface area (Å²) in [7, 11) is 0. The Labute approximate surface area is 102 Å². The zero-order valence-electron chi connectivity index (χ0n) is 11.2. The van der Waals surface area contributed by atoms with Crippen molar-refractivity contribution in [3.63, 3.8) is 0 Å². The largest absolute Gasteiger partial charge is 0.363 e. The van der Waals surface area contributed by atoms with E-state index in [0.29, 0.717) is 11.6 Å². The zero-order valence-corrected chi connectivity index (χ0v) is 11.2. The molecule has 96 valence electrons. The molecule has 1 aromatic heterocycles. The maximum absolute atomic E-state index is 11.5. The van der Waals surface area contributed by atoms with Crippen molar-refractivity contribution in [2.24, 2.45) is 5.73 Å². The number of hydrogen-bond donors (Lipinski definition) is 3. The molecule has 0 aliphatic rings. The summed E-state index contributed by atoms with van der Waals surface area (Å²) in [5, 5.41) is 3.20. The second kappa shape index (κ2) is 4.87. The second-order valence-corrected chi connectivity index (χ2v) is 5.31. The van der Waals surface area contributed by atoms with Crippen molar-refractivity contribution in [1.29, 1.82) is 0 Å². The Kier molecular flexibility index (Phi) is 3.93. The lowest BCUT2D eigenvalue weighted by Crippen LogP contribution is -2.47. The van der Waals surface area contributed by atoms with Crippen LogP contribution in [-0.2, 0) is 0 Å². The highest BCUT2D eigenvalue weighted by molar-refractivity contribution is 5.37. The van der Waals surface area contributed by atoms with Crippen molar-refractivity contribution in [2.75, 3.05) is 5.32 Å². The summed E-state index contributed by atoms with van der Waals surface area (Å²) >= 11 is 0. The van der Waals surface area contributed by atoms with E-state index >= 15 is 0 Å². The lowest BCUT2D eigenvalue weighted by atomic mass is 9.97. The van der Waals surface area contributed by atoms with Gasteiger partial charge in [0, 0.05) is 23.6 Å². The molecule has 17 heavy (non-hydrogen) atoms. The normalized spacial score (nSPS) is 13.8. The van der Waals surface area contributed by atoms with Crippen molar-refractivity contribution in [2.45, 2.75) is 52.1 Å². The first kappa shape index (κ1) is 13.7. The molecular formula is C12H22N4O. The quantitative estimate of drug-likeness (QED) is 0.741. The number of H-pyrrole nitrogens is 1.